The van der Waals surface area contributed by atoms with Gasteiger partial charge in [0.1, 0.15) is 5.82 Å². The predicted octanol–water partition coefficient (Wildman–Crippen LogP) is 3.45. The molecular weight excluding hydrogens is 376 g/mol. The van der Waals surface area contributed by atoms with Crippen LogP contribution in [0.25, 0.3) is 22.2 Å². The van der Waals surface area contributed by atoms with E-state index >= 15 is 0 Å². The summed E-state index contributed by atoms with van der Waals surface area (Å²) in [5.74, 6) is -0.103. The second kappa shape index (κ2) is 7.67. The molecule has 0 spiro atoms. The lowest BCUT2D eigenvalue weighted by Crippen LogP contribution is -2.19. The molecule has 0 N–H and O–H groups in total. The second-order valence-corrected chi connectivity index (χ2v) is 7.14. The molecule has 5 rings (SSSR count). The third-order valence-corrected chi connectivity index (χ3v) is 5.04. The van der Waals surface area contributed by atoms with Crippen molar-refractivity contribution >= 4 is 22.4 Å². The molecule has 0 atom stereocenters. The first-order chi connectivity index (χ1) is 16.1. The Bertz CT molecular complexity index is 1390. The average Bonchev–Trinajstić information content (AvgIpc) is 3.32. The van der Waals surface area contributed by atoms with Gasteiger partial charge in [-0.05, 0) is 42.5 Å². The zero-order chi connectivity index (χ0) is 24.1. The third-order valence-electron chi connectivity index (χ3n) is 5.04. The maximum Gasteiger partial charge on any atom is 0.169 e. The highest BCUT2D eigenvalue weighted by molar-refractivity contribution is 5.98. The van der Waals surface area contributed by atoms with Crippen molar-refractivity contribution in [3.05, 3.63) is 66.6 Å². The van der Waals surface area contributed by atoms with Gasteiger partial charge in [0, 0.05) is 60.8 Å². The molecule has 1 fully saturated rings. The Morgan fingerprint density at radius 3 is 2.70 bits per heavy atom. The van der Waals surface area contributed by atoms with Crippen LogP contribution in [-0.4, -0.2) is 43.3 Å². The quantitative estimate of drug-likeness (QED) is 0.476. The molecule has 0 aliphatic carbocycles. The first-order valence-corrected chi connectivity index (χ1v) is 9.65. The molecule has 30 heavy (non-hydrogen) atoms. The maximum absolute atomic E-state index is 13.0. The van der Waals surface area contributed by atoms with Crippen LogP contribution >= 0.6 is 0 Å². The van der Waals surface area contributed by atoms with E-state index < -0.39 is 13.0 Å². The summed E-state index contributed by atoms with van der Waals surface area (Å²) in [5.41, 5.74) is 2.56. The fraction of sp³-hybridized carbons (Fsp3) is 0.261. The molecule has 0 radical (unpaired) electrons. The number of hydrogen-bond donors (Lipinski definition) is 0. The summed E-state index contributed by atoms with van der Waals surface area (Å²) < 4.78 is 34.5. The van der Waals surface area contributed by atoms with Crippen LogP contribution in [0.1, 0.15) is 34.4 Å². The number of carbonyl (C=O) groups excluding carboxylic acids is 1. The van der Waals surface area contributed by atoms with Gasteiger partial charge in [0.05, 0.1) is 30.3 Å². The SMILES string of the molecule is [2H]C1([2H])CCC([2H])([2H])N1c1cc(C(=O)Cc2cc3cc(-c4cncn4C)ncc3cn2)ccn1. The molecule has 1 aliphatic heterocycles. The Balaban J connectivity index is 1.42. The van der Waals surface area contributed by atoms with Gasteiger partial charge in [0.2, 0.25) is 0 Å². The smallest absolute Gasteiger partial charge is 0.169 e. The highest BCUT2D eigenvalue weighted by atomic mass is 16.1. The van der Waals surface area contributed by atoms with Gasteiger partial charge in [0.15, 0.2) is 5.78 Å². The van der Waals surface area contributed by atoms with Crippen molar-refractivity contribution in [2.75, 3.05) is 17.9 Å². The second-order valence-electron chi connectivity index (χ2n) is 7.14. The van der Waals surface area contributed by atoms with Gasteiger partial charge in [-0.2, -0.15) is 0 Å². The van der Waals surface area contributed by atoms with Gasteiger partial charge in [-0.15, -0.1) is 0 Å². The Hall–Kier alpha value is -3.61. The first kappa shape index (κ1) is 14.4. The van der Waals surface area contributed by atoms with Crippen molar-refractivity contribution in [3.63, 3.8) is 0 Å². The lowest BCUT2D eigenvalue weighted by atomic mass is 10.1. The number of rotatable bonds is 5. The van der Waals surface area contributed by atoms with Gasteiger partial charge in [-0.3, -0.25) is 14.8 Å². The zero-order valence-electron chi connectivity index (χ0n) is 20.4. The summed E-state index contributed by atoms with van der Waals surface area (Å²) in [4.78, 5) is 31.2. The summed E-state index contributed by atoms with van der Waals surface area (Å²) >= 11 is 0. The minimum atomic E-state index is -1.88. The van der Waals surface area contributed by atoms with E-state index in [4.69, 9.17) is 5.48 Å². The van der Waals surface area contributed by atoms with E-state index in [-0.39, 0.29) is 30.9 Å². The van der Waals surface area contributed by atoms with Gasteiger partial charge in [0.25, 0.3) is 0 Å². The Morgan fingerprint density at radius 1 is 1.07 bits per heavy atom. The van der Waals surface area contributed by atoms with Gasteiger partial charge < -0.3 is 9.47 Å². The highest BCUT2D eigenvalue weighted by Crippen LogP contribution is 2.23. The standard InChI is InChI=1S/C23H22N6O/c1-28-15-24-14-21(28)20-9-17-8-19(26-12-18(17)13-27-20)11-22(30)16-4-5-25-23(10-16)29-6-2-3-7-29/h4-5,8-10,12-15H,2-3,6-7,11H2,1H3/i6D2,7D2. The van der Waals surface area contributed by atoms with Gasteiger partial charge in [-0.1, -0.05) is 0 Å². The molecule has 0 bridgehead atoms. The molecule has 150 valence electrons. The maximum atomic E-state index is 13.0. The molecule has 4 aromatic heterocycles. The van der Waals surface area contributed by atoms with Crippen LogP contribution in [0.2, 0.25) is 0 Å². The molecular formula is C23H22N6O. The van der Waals surface area contributed by atoms with Crippen LogP contribution in [0.4, 0.5) is 5.82 Å². The lowest BCUT2D eigenvalue weighted by molar-refractivity contribution is 0.0992. The highest BCUT2D eigenvalue weighted by Gasteiger charge is 2.16. The van der Waals surface area contributed by atoms with Crippen molar-refractivity contribution in [1.82, 2.24) is 24.5 Å². The number of carbonyl (C=O) groups is 1. The minimum absolute atomic E-state index is 0.0442. The van der Waals surface area contributed by atoms with Crippen LogP contribution in [0.15, 0.2) is 55.4 Å². The lowest BCUT2D eigenvalue weighted by Gasteiger charge is -2.16. The van der Waals surface area contributed by atoms with Crippen molar-refractivity contribution in [3.8, 4) is 11.4 Å². The van der Waals surface area contributed by atoms with Crippen LogP contribution < -0.4 is 4.90 Å². The summed E-state index contributed by atoms with van der Waals surface area (Å²) in [5, 5.41) is 1.75. The number of aryl methyl sites for hydroxylation is 1. The van der Waals surface area contributed by atoms with E-state index in [0.717, 1.165) is 27.1 Å². The molecule has 0 amide bonds. The van der Waals surface area contributed by atoms with Crippen LogP contribution in [0.5, 0.6) is 0 Å². The first-order valence-electron chi connectivity index (χ1n) is 11.7. The number of hydrogen-bond acceptors (Lipinski definition) is 6. The van der Waals surface area contributed by atoms with E-state index in [1.54, 1.807) is 31.0 Å². The number of nitrogens with zero attached hydrogens (tertiary/aromatic N) is 6. The van der Waals surface area contributed by atoms with Crippen molar-refractivity contribution in [1.29, 1.82) is 0 Å². The number of imidazole rings is 1. The van der Waals surface area contributed by atoms with E-state index in [0.29, 0.717) is 11.3 Å². The molecule has 7 nitrogen and oxygen atoms in total. The number of pyridine rings is 3. The van der Waals surface area contributed by atoms with Crippen molar-refractivity contribution in [2.24, 2.45) is 7.05 Å². The molecule has 0 unspecified atom stereocenters. The van der Waals surface area contributed by atoms with Crippen molar-refractivity contribution < 1.29 is 10.3 Å². The molecule has 1 saturated heterocycles. The van der Waals surface area contributed by atoms with Gasteiger partial charge in [-0.25, -0.2) is 9.97 Å². The third kappa shape index (κ3) is 3.54. The number of ketones is 1. The van der Waals surface area contributed by atoms with E-state index in [9.17, 15) is 4.79 Å². The van der Waals surface area contributed by atoms with E-state index in [1.165, 1.54) is 12.3 Å². The Labute approximate surface area is 180 Å². The molecule has 0 saturated carbocycles. The fourth-order valence-corrected chi connectivity index (χ4v) is 3.46. The fourth-order valence-electron chi connectivity index (χ4n) is 3.46. The predicted molar refractivity (Wildman–Crippen MR) is 115 cm³/mol. The summed E-state index contributed by atoms with van der Waals surface area (Å²) in [6.07, 6.45) is 8.43. The zero-order valence-corrected chi connectivity index (χ0v) is 16.4. The van der Waals surface area contributed by atoms with Crippen LogP contribution in [0.3, 0.4) is 0 Å². The number of fused-ring (bicyclic) bond motifs is 1. The average molecular weight is 402 g/mol. The summed E-state index contributed by atoms with van der Waals surface area (Å²) in [6, 6.07) is 6.80. The van der Waals surface area contributed by atoms with E-state index in [1.807, 2.05) is 23.7 Å². The normalized spacial score (nSPS) is 19.2. The van der Waals surface area contributed by atoms with Crippen LogP contribution in [-0.2, 0) is 13.5 Å². The monoisotopic (exact) mass is 402 g/mol. The molecule has 0 aromatic carbocycles. The summed E-state index contributed by atoms with van der Waals surface area (Å²) in [7, 11) is 1.90. The molecule has 1 aliphatic rings. The number of aromatic nitrogens is 5. The van der Waals surface area contributed by atoms with Gasteiger partial charge >= 0.3 is 0 Å². The van der Waals surface area contributed by atoms with Crippen molar-refractivity contribution in [2.45, 2.75) is 19.3 Å². The summed E-state index contributed by atoms with van der Waals surface area (Å²) in [6.45, 7) is -3.75. The number of anilines is 1. The molecule has 5 heterocycles. The minimum Gasteiger partial charge on any atom is -0.357 e. The Morgan fingerprint density at radius 2 is 1.90 bits per heavy atom. The molecule has 4 aromatic rings. The number of Topliss-reactive ketones (excluding diaryl/α,β-unsaturated/α-hetero) is 1. The van der Waals surface area contributed by atoms with Crippen LogP contribution in [0, 0.1) is 0 Å². The topological polar surface area (TPSA) is 76.8 Å². The largest absolute Gasteiger partial charge is 0.357 e. The molecule has 7 heteroatoms. The Kier molecular flexibility index (Phi) is 3.68. The van der Waals surface area contributed by atoms with E-state index in [2.05, 4.69) is 19.9 Å².